The van der Waals surface area contributed by atoms with E-state index in [4.69, 9.17) is 9.47 Å². The molecule has 0 saturated heterocycles. The predicted octanol–water partition coefficient (Wildman–Crippen LogP) is 4.98. The number of carboxylic acid groups (broad SMARTS) is 1. The summed E-state index contributed by atoms with van der Waals surface area (Å²) in [6.45, 7) is 14.1. The Morgan fingerprint density at radius 1 is 0.806 bits per heavy atom. The van der Waals surface area contributed by atoms with E-state index in [1.54, 1.807) is 0 Å². The van der Waals surface area contributed by atoms with Gasteiger partial charge in [-0.25, -0.2) is 0 Å². The minimum absolute atomic E-state index is 0.0431. The van der Waals surface area contributed by atoms with Crippen LogP contribution in [0.25, 0.3) is 0 Å². The first kappa shape index (κ1) is 27.4. The fourth-order valence-corrected chi connectivity index (χ4v) is 10.0. The van der Waals surface area contributed by atoms with Crippen molar-refractivity contribution in [3.63, 3.8) is 0 Å². The topological polar surface area (TPSA) is 110 Å². The molecular formula is C29H46O7. The van der Waals surface area contributed by atoms with Crippen LogP contribution in [-0.2, 0) is 23.9 Å². The number of aliphatic carboxylic acids is 1. The molecule has 7 nitrogen and oxygen atoms in total. The Balaban J connectivity index is 1.66. The number of aliphatic hydroxyl groups excluding tert-OH is 1. The maximum atomic E-state index is 12.5. The van der Waals surface area contributed by atoms with E-state index in [9.17, 15) is 24.6 Å². The highest BCUT2D eigenvalue weighted by Gasteiger charge is 2.70. The summed E-state index contributed by atoms with van der Waals surface area (Å²) in [6, 6.07) is 0. The van der Waals surface area contributed by atoms with E-state index in [2.05, 4.69) is 34.6 Å². The molecule has 4 saturated carbocycles. The molecule has 0 radical (unpaired) electrons. The highest BCUT2D eigenvalue weighted by atomic mass is 16.5. The monoisotopic (exact) mass is 506 g/mol. The van der Waals surface area contributed by atoms with Crippen LogP contribution in [0, 0.1) is 44.8 Å². The average Bonchev–Trinajstić information content (AvgIpc) is 2.76. The quantitative estimate of drug-likeness (QED) is 0.517. The molecule has 5 unspecified atom stereocenters. The zero-order chi connectivity index (χ0) is 26.9. The minimum atomic E-state index is -1.45. The second-order valence-electron chi connectivity index (χ2n) is 13.8. The summed E-state index contributed by atoms with van der Waals surface area (Å²) in [5.41, 5.74) is -1.74. The van der Waals surface area contributed by atoms with Crippen molar-refractivity contribution in [1.29, 1.82) is 0 Å². The number of aliphatic hydroxyl groups is 1. The van der Waals surface area contributed by atoms with Crippen molar-refractivity contribution < 1.29 is 34.1 Å². The van der Waals surface area contributed by atoms with Gasteiger partial charge in [0.15, 0.2) is 0 Å². The second kappa shape index (κ2) is 8.71. The van der Waals surface area contributed by atoms with Gasteiger partial charge in [-0.15, -0.1) is 0 Å². The zero-order valence-corrected chi connectivity index (χ0v) is 23.2. The molecule has 4 fully saturated rings. The van der Waals surface area contributed by atoms with E-state index in [1.165, 1.54) is 13.8 Å². The Kier molecular flexibility index (Phi) is 6.63. The number of ether oxygens (including phenoxy) is 2. The smallest absolute Gasteiger partial charge is 0.315 e. The first-order valence-electron chi connectivity index (χ1n) is 13.8. The van der Waals surface area contributed by atoms with Gasteiger partial charge in [-0.3, -0.25) is 14.4 Å². The number of hydrogen-bond acceptors (Lipinski definition) is 6. The predicted molar refractivity (Wildman–Crippen MR) is 134 cm³/mol. The third kappa shape index (κ3) is 3.65. The summed E-state index contributed by atoms with van der Waals surface area (Å²) in [7, 11) is 0. The first-order chi connectivity index (χ1) is 16.6. The molecule has 0 spiro atoms. The summed E-state index contributed by atoms with van der Waals surface area (Å²) in [6.07, 6.45) is 5.48. The summed E-state index contributed by atoms with van der Waals surface area (Å²) in [5, 5.41) is 21.8. The van der Waals surface area contributed by atoms with Crippen LogP contribution >= 0.6 is 0 Å². The van der Waals surface area contributed by atoms with E-state index >= 15 is 0 Å². The number of carboxylic acids is 1. The summed E-state index contributed by atoms with van der Waals surface area (Å²) in [5.74, 6) is -1.10. The molecule has 0 bridgehead atoms. The number of rotatable bonds is 4. The zero-order valence-electron chi connectivity index (χ0n) is 23.2. The normalized spacial score (nSPS) is 47.5. The van der Waals surface area contributed by atoms with Gasteiger partial charge >= 0.3 is 17.9 Å². The van der Waals surface area contributed by atoms with Gasteiger partial charge in [0.2, 0.25) is 0 Å². The lowest BCUT2D eigenvalue weighted by atomic mass is 9.33. The Morgan fingerprint density at radius 3 is 2.06 bits per heavy atom. The van der Waals surface area contributed by atoms with E-state index in [-0.39, 0.29) is 46.3 Å². The van der Waals surface area contributed by atoms with E-state index < -0.39 is 23.5 Å². The van der Waals surface area contributed by atoms with Crippen molar-refractivity contribution >= 4 is 17.9 Å². The molecule has 0 amide bonds. The molecule has 2 N–H and O–H groups in total. The molecule has 4 rings (SSSR count). The Bertz CT molecular complexity index is 929. The second-order valence-corrected chi connectivity index (χ2v) is 13.8. The third-order valence-corrected chi connectivity index (χ3v) is 12.2. The van der Waals surface area contributed by atoms with Gasteiger partial charge in [0, 0.05) is 19.3 Å². The highest BCUT2D eigenvalue weighted by molar-refractivity contribution is 5.77. The van der Waals surface area contributed by atoms with Crippen molar-refractivity contribution in [3.05, 3.63) is 0 Å². The number of esters is 2. The van der Waals surface area contributed by atoms with Crippen molar-refractivity contribution in [2.45, 2.75) is 112 Å². The van der Waals surface area contributed by atoms with Crippen molar-refractivity contribution in [3.8, 4) is 0 Å². The molecule has 9 atom stereocenters. The van der Waals surface area contributed by atoms with Gasteiger partial charge in [0.25, 0.3) is 0 Å². The van der Waals surface area contributed by atoms with Crippen LogP contribution in [0.2, 0.25) is 0 Å². The largest absolute Gasteiger partial charge is 0.481 e. The molecule has 0 aromatic heterocycles. The van der Waals surface area contributed by atoms with Crippen LogP contribution in [0.15, 0.2) is 0 Å². The lowest BCUT2D eigenvalue weighted by Gasteiger charge is -2.72. The lowest BCUT2D eigenvalue weighted by Crippen LogP contribution is -2.68. The van der Waals surface area contributed by atoms with Gasteiger partial charge in [-0.2, -0.15) is 0 Å². The van der Waals surface area contributed by atoms with Crippen LogP contribution in [0.5, 0.6) is 0 Å². The molecule has 204 valence electrons. The molecule has 0 aromatic carbocycles. The maximum absolute atomic E-state index is 12.5. The van der Waals surface area contributed by atoms with Crippen molar-refractivity contribution in [2.75, 3.05) is 6.61 Å². The van der Waals surface area contributed by atoms with Gasteiger partial charge in [0.05, 0.1) is 6.10 Å². The minimum Gasteiger partial charge on any atom is -0.481 e. The molecule has 0 aromatic rings. The highest BCUT2D eigenvalue weighted by Crippen LogP contribution is 2.74. The van der Waals surface area contributed by atoms with Gasteiger partial charge in [0.1, 0.15) is 18.1 Å². The summed E-state index contributed by atoms with van der Waals surface area (Å²) < 4.78 is 11.0. The molecule has 7 heteroatoms. The Labute approximate surface area is 215 Å². The number of carbonyl (C=O) groups excluding carboxylic acids is 2. The summed E-state index contributed by atoms with van der Waals surface area (Å²) >= 11 is 0. The van der Waals surface area contributed by atoms with Crippen LogP contribution in [-0.4, -0.2) is 46.9 Å². The van der Waals surface area contributed by atoms with Crippen LogP contribution in [0.3, 0.4) is 0 Å². The van der Waals surface area contributed by atoms with E-state index in [1.807, 2.05) is 0 Å². The molecule has 36 heavy (non-hydrogen) atoms. The molecule has 4 aliphatic carbocycles. The third-order valence-electron chi connectivity index (χ3n) is 12.2. The molecular weight excluding hydrogens is 460 g/mol. The number of hydrogen-bond donors (Lipinski definition) is 2. The standard InChI is InChI=1S/C29H46O7/c1-17(30)35-16-29(24(33)34)15-14-27(6)19(23(29)32)8-9-21-26(5)12-11-22(36-18(2)31)25(3,4)20(26)10-13-28(21,27)7/h19-23,32H,8-16H2,1-7H3,(H,33,34)/t19?,20?,21?,22?,23?,26-,27+,28+,29-/m0/s1. The van der Waals surface area contributed by atoms with Gasteiger partial charge in [-0.05, 0) is 85.4 Å². The Morgan fingerprint density at radius 2 is 1.47 bits per heavy atom. The molecule has 0 aliphatic heterocycles. The Hall–Kier alpha value is -1.63. The molecule has 0 heterocycles. The van der Waals surface area contributed by atoms with E-state index in [0.29, 0.717) is 24.7 Å². The number of fused-ring (bicyclic) bond motifs is 5. The SMILES string of the molecule is CC(=O)OC[C@@]1(C(=O)O)CC[C@]2(C)C(CCC3[C@@]4(C)CCC(OC(C)=O)C(C)(C)C4CC[C@]32C)C1O. The lowest BCUT2D eigenvalue weighted by molar-refractivity contribution is -0.261. The van der Waals surface area contributed by atoms with Crippen LogP contribution in [0.4, 0.5) is 0 Å². The van der Waals surface area contributed by atoms with Crippen LogP contribution < -0.4 is 0 Å². The van der Waals surface area contributed by atoms with Crippen molar-refractivity contribution in [1.82, 2.24) is 0 Å². The molecule has 4 aliphatic rings. The maximum Gasteiger partial charge on any atom is 0.315 e. The fraction of sp³-hybridized carbons (Fsp3) is 0.897. The fourth-order valence-electron chi connectivity index (χ4n) is 10.0. The van der Waals surface area contributed by atoms with Gasteiger partial charge in [-0.1, -0.05) is 34.6 Å². The first-order valence-corrected chi connectivity index (χ1v) is 13.8. The van der Waals surface area contributed by atoms with Crippen molar-refractivity contribution in [2.24, 2.45) is 44.8 Å². The van der Waals surface area contributed by atoms with Gasteiger partial charge < -0.3 is 19.7 Å². The van der Waals surface area contributed by atoms with E-state index in [0.717, 1.165) is 38.5 Å². The average molecular weight is 507 g/mol. The summed E-state index contributed by atoms with van der Waals surface area (Å²) in [4.78, 5) is 35.8. The number of carbonyl (C=O) groups is 3. The van der Waals surface area contributed by atoms with Crippen LogP contribution in [0.1, 0.15) is 99.8 Å².